The molecule has 0 heterocycles. The Kier molecular flexibility index (Phi) is 9.31. The second-order valence-electron chi connectivity index (χ2n) is 10.5. The van der Waals surface area contributed by atoms with E-state index in [1.165, 1.54) is 0 Å². The fourth-order valence-electron chi connectivity index (χ4n) is 5.00. The summed E-state index contributed by atoms with van der Waals surface area (Å²) >= 11 is 0. The van der Waals surface area contributed by atoms with Gasteiger partial charge in [-0.2, -0.15) is 0 Å². The zero-order valence-corrected chi connectivity index (χ0v) is 25.3. The maximum absolute atomic E-state index is 11.8. The lowest BCUT2D eigenvalue weighted by Crippen LogP contribution is -1.94. The summed E-state index contributed by atoms with van der Waals surface area (Å²) in [6, 6.07) is 39.9. The van der Waals surface area contributed by atoms with Crippen LogP contribution in [0.5, 0.6) is 11.5 Å². The molecule has 0 fully saturated rings. The molecule has 0 atom stereocenters. The van der Waals surface area contributed by atoms with Crippen molar-refractivity contribution >= 4 is 34.9 Å². The van der Waals surface area contributed by atoms with E-state index in [9.17, 15) is 9.59 Å². The van der Waals surface area contributed by atoms with Gasteiger partial charge in [-0.25, -0.2) is 0 Å². The SMILES string of the molecule is COc1ccc(/C(=C\c2ccc(C(C)=O)cc2)c2ccc(/C(=C\c3ccc(C(C)=O)cc3)c3ccc(OC)cc3)cc2)cc1. The summed E-state index contributed by atoms with van der Waals surface area (Å²) in [6.07, 6.45) is 4.27. The molecule has 0 aliphatic carbocycles. The van der Waals surface area contributed by atoms with Crippen LogP contribution in [0.15, 0.2) is 121 Å². The minimum Gasteiger partial charge on any atom is -0.497 e. The second-order valence-corrected chi connectivity index (χ2v) is 10.5. The van der Waals surface area contributed by atoms with Crippen LogP contribution < -0.4 is 9.47 Å². The normalized spacial score (nSPS) is 11.6. The number of rotatable bonds is 10. The molecule has 5 aromatic rings. The lowest BCUT2D eigenvalue weighted by atomic mass is 9.91. The van der Waals surface area contributed by atoms with Gasteiger partial charge in [-0.15, -0.1) is 0 Å². The molecule has 0 aromatic heterocycles. The van der Waals surface area contributed by atoms with Crippen LogP contribution in [-0.4, -0.2) is 25.8 Å². The molecule has 5 rings (SSSR count). The summed E-state index contributed by atoms with van der Waals surface area (Å²) in [5.41, 5.74) is 9.66. The van der Waals surface area contributed by atoms with Crippen LogP contribution in [0.3, 0.4) is 0 Å². The van der Waals surface area contributed by atoms with Gasteiger partial charge in [0.1, 0.15) is 11.5 Å². The Balaban J connectivity index is 1.57. The summed E-state index contributed by atoms with van der Waals surface area (Å²) < 4.78 is 10.8. The quantitative estimate of drug-likeness (QED) is 0.122. The van der Waals surface area contributed by atoms with Crippen LogP contribution in [0, 0.1) is 0 Å². The van der Waals surface area contributed by atoms with Gasteiger partial charge in [-0.3, -0.25) is 9.59 Å². The molecular weight excluding hydrogens is 544 g/mol. The predicted molar refractivity (Wildman–Crippen MR) is 179 cm³/mol. The zero-order valence-electron chi connectivity index (χ0n) is 25.3. The van der Waals surface area contributed by atoms with Gasteiger partial charge in [-0.05, 0) is 94.8 Å². The molecule has 0 aliphatic heterocycles. The van der Waals surface area contributed by atoms with Gasteiger partial charge < -0.3 is 9.47 Å². The molecule has 4 heteroatoms. The number of hydrogen-bond donors (Lipinski definition) is 0. The van der Waals surface area contributed by atoms with Crippen LogP contribution in [0.1, 0.15) is 67.9 Å². The maximum Gasteiger partial charge on any atom is 0.159 e. The number of ketones is 2. The van der Waals surface area contributed by atoms with Crippen molar-refractivity contribution in [2.75, 3.05) is 14.2 Å². The minimum atomic E-state index is 0.0435. The molecule has 0 saturated carbocycles. The number of hydrogen-bond acceptors (Lipinski definition) is 4. The first-order chi connectivity index (χ1) is 21.3. The molecule has 4 nitrogen and oxygen atoms in total. The summed E-state index contributed by atoms with van der Waals surface area (Å²) in [7, 11) is 3.32. The summed E-state index contributed by atoms with van der Waals surface area (Å²) in [5, 5.41) is 0. The Bertz CT molecular complexity index is 1670. The first-order valence-corrected chi connectivity index (χ1v) is 14.4. The van der Waals surface area contributed by atoms with Crippen molar-refractivity contribution in [2.45, 2.75) is 13.8 Å². The lowest BCUT2D eigenvalue weighted by Gasteiger charge is -2.14. The third-order valence-corrected chi connectivity index (χ3v) is 7.57. The Morgan fingerprint density at radius 1 is 0.409 bits per heavy atom. The topological polar surface area (TPSA) is 52.6 Å². The van der Waals surface area contributed by atoms with E-state index in [0.717, 1.165) is 56.0 Å². The number of benzene rings is 5. The molecule has 0 amide bonds. The highest BCUT2D eigenvalue weighted by atomic mass is 16.5. The van der Waals surface area contributed by atoms with Gasteiger partial charge in [0.05, 0.1) is 14.2 Å². The molecule has 5 aromatic carbocycles. The number of ether oxygens (including phenoxy) is 2. The summed E-state index contributed by atoms with van der Waals surface area (Å²) in [4.78, 5) is 23.6. The Labute approximate surface area is 258 Å². The van der Waals surface area contributed by atoms with Gasteiger partial charge in [0.2, 0.25) is 0 Å². The molecule has 0 bridgehead atoms. The monoisotopic (exact) mass is 578 g/mol. The van der Waals surface area contributed by atoms with Crippen LogP contribution in [0.4, 0.5) is 0 Å². The average Bonchev–Trinajstić information content (AvgIpc) is 3.07. The van der Waals surface area contributed by atoms with E-state index in [4.69, 9.17) is 9.47 Å². The van der Waals surface area contributed by atoms with Crippen LogP contribution in [-0.2, 0) is 0 Å². The van der Waals surface area contributed by atoms with Crippen molar-refractivity contribution in [1.29, 1.82) is 0 Å². The van der Waals surface area contributed by atoms with Crippen molar-refractivity contribution < 1.29 is 19.1 Å². The van der Waals surface area contributed by atoms with Crippen LogP contribution >= 0.6 is 0 Å². The Hall–Kier alpha value is -5.48. The Morgan fingerprint density at radius 3 is 0.909 bits per heavy atom. The van der Waals surface area contributed by atoms with Gasteiger partial charge in [0.25, 0.3) is 0 Å². The molecular formula is C40H34O4. The van der Waals surface area contributed by atoms with Gasteiger partial charge in [-0.1, -0.05) is 97.1 Å². The van der Waals surface area contributed by atoms with Gasteiger partial charge in [0, 0.05) is 11.1 Å². The summed E-state index contributed by atoms with van der Waals surface area (Å²) in [5.74, 6) is 1.67. The highest BCUT2D eigenvalue weighted by Gasteiger charge is 2.11. The van der Waals surface area contributed by atoms with E-state index in [0.29, 0.717) is 11.1 Å². The average molecular weight is 579 g/mol. The van der Waals surface area contributed by atoms with Gasteiger partial charge in [0.15, 0.2) is 11.6 Å². The number of carbonyl (C=O) groups excluding carboxylic acids is 2. The summed E-state index contributed by atoms with van der Waals surface area (Å²) in [6.45, 7) is 3.15. The predicted octanol–water partition coefficient (Wildman–Crippen LogP) is 9.29. The largest absolute Gasteiger partial charge is 0.497 e. The van der Waals surface area contributed by atoms with E-state index in [-0.39, 0.29) is 11.6 Å². The molecule has 0 spiro atoms. The number of carbonyl (C=O) groups is 2. The first-order valence-electron chi connectivity index (χ1n) is 14.4. The highest BCUT2D eigenvalue weighted by molar-refractivity contribution is 5.97. The van der Waals surface area contributed by atoms with Gasteiger partial charge >= 0.3 is 0 Å². The van der Waals surface area contributed by atoms with Crippen molar-refractivity contribution in [1.82, 2.24) is 0 Å². The Morgan fingerprint density at radius 2 is 0.659 bits per heavy atom. The second kappa shape index (κ2) is 13.7. The standard InChI is InChI=1S/C40H34O4/c1-27(41)31-9-5-29(6-10-31)25-39(35-17-21-37(43-3)22-18-35)33-13-15-34(16-14-33)40(36-19-23-38(44-4)24-20-36)26-30-7-11-32(12-8-30)28(2)42/h5-26H,1-4H3/b39-25-,40-26+. The maximum atomic E-state index is 11.8. The molecule has 0 aliphatic rings. The fourth-order valence-corrected chi connectivity index (χ4v) is 5.00. The smallest absolute Gasteiger partial charge is 0.159 e. The van der Waals surface area contributed by atoms with Crippen molar-refractivity contribution in [3.8, 4) is 11.5 Å². The molecule has 218 valence electrons. The van der Waals surface area contributed by atoms with E-state index < -0.39 is 0 Å². The lowest BCUT2D eigenvalue weighted by molar-refractivity contribution is 0.100. The van der Waals surface area contributed by atoms with Crippen molar-refractivity contribution in [2.24, 2.45) is 0 Å². The molecule has 0 unspecified atom stereocenters. The third-order valence-electron chi connectivity index (χ3n) is 7.57. The highest BCUT2D eigenvalue weighted by Crippen LogP contribution is 2.32. The first kappa shape index (κ1) is 30.0. The molecule has 0 saturated heterocycles. The van der Waals surface area contributed by atoms with E-state index in [2.05, 4.69) is 60.7 Å². The molecule has 44 heavy (non-hydrogen) atoms. The minimum absolute atomic E-state index is 0.0435. The zero-order chi connectivity index (χ0) is 31.1. The van der Waals surface area contributed by atoms with E-state index >= 15 is 0 Å². The van der Waals surface area contributed by atoms with Crippen LogP contribution in [0.2, 0.25) is 0 Å². The number of methoxy groups -OCH3 is 2. The van der Waals surface area contributed by atoms with E-state index in [1.807, 2.05) is 72.8 Å². The number of Topliss-reactive ketones (excluding diaryl/α,β-unsaturated/α-hetero) is 2. The molecule has 0 N–H and O–H groups in total. The van der Waals surface area contributed by atoms with E-state index in [1.54, 1.807) is 28.1 Å². The van der Waals surface area contributed by atoms with Crippen LogP contribution in [0.25, 0.3) is 23.3 Å². The van der Waals surface area contributed by atoms with Crippen molar-refractivity contribution in [3.63, 3.8) is 0 Å². The molecule has 0 radical (unpaired) electrons. The third kappa shape index (κ3) is 7.11. The van der Waals surface area contributed by atoms with Crippen molar-refractivity contribution in [3.05, 3.63) is 166 Å². The fraction of sp³-hybridized carbons (Fsp3) is 0.100.